The summed E-state index contributed by atoms with van der Waals surface area (Å²) in [6, 6.07) is 19.6. The topological polar surface area (TPSA) is 0 Å². The zero-order valence-electron chi connectivity index (χ0n) is 9.14. The molecule has 0 fully saturated rings. The van der Waals surface area contributed by atoms with Gasteiger partial charge in [-0.15, -0.1) is 6.42 Å². The zero-order chi connectivity index (χ0) is 11.6. The van der Waals surface area contributed by atoms with Gasteiger partial charge in [0, 0.05) is 5.56 Å². The van der Waals surface area contributed by atoms with Crippen LogP contribution in [0.2, 0.25) is 0 Å². The molecule has 16 heavy (non-hydrogen) atoms. The first-order valence-electron chi connectivity index (χ1n) is 5.06. The Morgan fingerprint density at radius 1 is 0.875 bits per heavy atom. The second-order valence-electron chi connectivity index (χ2n) is 3.13. The van der Waals surface area contributed by atoms with E-state index in [1.54, 1.807) is 0 Å². The lowest BCUT2D eigenvalue weighted by atomic mass is 10.2. The van der Waals surface area contributed by atoms with E-state index in [1.807, 2.05) is 66.7 Å². The van der Waals surface area contributed by atoms with E-state index < -0.39 is 0 Å². The van der Waals surface area contributed by atoms with Crippen LogP contribution in [-0.2, 0) is 0 Å². The Labute approximate surface area is 97.3 Å². The van der Waals surface area contributed by atoms with Gasteiger partial charge in [-0.25, -0.2) is 0 Å². The number of benzene rings is 2. The molecule has 0 atom stereocenters. The first-order valence-corrected chi connectivity index (χ1v) is 5.06. The summed E-state index contributed by atoms with van der Waals surface area (Å²) < 4.78 is 0. The molecule has 0 radical (unpaired) electrons. The van der Waals surface area contributed by atoms with Gasteiger partial charge in [-0.05, 0) is 17.7 Å². The minimum absolute atomic E-state index is 0.938. The van der Waals surface area contributed by atoms with Crippen molar-refractivity contribution in [2.45, 2.75) is 0 Å². The Kier molecular flexibility index (Phi) is 5.23. The highest BCUT2D eigenvalue weighted by Gasteiger charge is 1.76. The molecule has 0 aliphatic carbocycles. The van der Waals surface area contributed by atoms with Gasteiger partial charge in [-0.3, -0.25) is 0 Å². The molecule has 0 heteroatoms. The Morgan fingerprint density at radius 2 is 1.38 bits per heavy atom. The molecule has 0 aliphatic heterocycles. The summed E-state index contributed by atoms with van der Waals surface area (Å²) in [6.07, 6.45) is 6.93. The van der Waals surface area contributed by atoms with Crippen LogP contribution in [0.15, 0.2) is 67.2 Å². The Morgan fingerprint density at radius 3 is 1.69 bits per heavy atom. The molecule has 0 nitrogen and oxygen atoms in total. The molecule has 78 valence electrons. The van der Waals surface area contributed by atoms with Gasteiger partial charge in [-0.2, -0.15) is 0 Å². The van der Waals surface area contributed by atoms with E-state index in [0.717, 1.165) is 5.56 Å². The van der Waals surface area contributed by atoms with Gasteiger partial charge < -0.3 is 0 Å². The van der Waals surface area contributed by atoms with Crippen LogP contribution in [0.25, 0.3) is 6.08 Å². The third-order valence-electron chi connectivity index (χ3n) is 1.98. The molecule has 2 aromatic rings. The fourth-order valence-electron chi connectivity index (χ4n) is 1.12. The van der Waals surface area contributed by atoms with Gasteiger partial charge in [-0.1, -0.05) is 67.1 Å². The van der Waals surface area contributed by atoms with Crippen molar-refractivity contribution in [3.8, 4) is 12.3 Å². The van der Waals surface area contributed by atoms with Gasteiger partial charge in [0.2, 0.25) is 0 Å². The minimum Gasteiger partial charge on any atom is -0.115 e. The monoisotopic (exact) mass is 206 g/mol. The lowest BCUT2D eigenvalue weighted by molar-refractivity contribution is 1.65. The Balaban J connectivity index is 0.000000160. The molecule has 0 heterocycles. The van der Waals surface area contributed by atoms with Crippen LogP contribution >= 0.6 is 0 Å². The highest BCUT2D eigenvalue weighted by molar-refractivity contribution is 5.45. The zero-order valence-corrected chi connectivity index (χ0v) is 9.14. The fourth-order valence-corrected chi connectivity index (χ4v) is 1.12. The summed E-state index contributed by atoms with van der Waals surface area (Å²) in [5, 5.41) is 0. The Hall–Kier alpha value is -2.26. The molecule has 0 aromatic heterocycles. The average molecular weight is 206 g/mol. The molecule has 2 aromatic carbocycles. The maximum absolute atomic E-state index is 5.10. The van der Waals surface area contributed by atoms with Crippen molar-refractivity contribution in [3.05, 3.63) is 78.4 Å². The summed E-state index contributed by atoms with van der Waals surface area (Å²) in [5.41, 5.74) is 2.11. The van der Waals surface area contributed by atoms with Gasteiger partial charge in [0.1, 0.15) is 0 Å². The van der Waals surface area contributed by atoms with Gasteiger partial charge >= 0.3 is 0 Å². The summed E-state index contributed by atoms with van der Waals surface area (Å²) in [6.45, 7) is 3.63. The van der Waals surface area contributed by atoms with Gasteiger partial charge in [0.05, 0.1) is 0 Å². The van der Waals surface area contributed by atoms with E-state index in [1.165, 1.54) is 5.56 Å². The van der Waals surface area contributed by atoms with Crippen LogP contribution in [0.3, 0.4) is 0 Å². The van der Waals surface area contributed by atoms with Crippen molar-refractivity contribution in [1.29, 1.82) is 0 Å². The summed E-state index contributed by atoms with van der Waals surface area (Å²) in [4.78, 5) is 0. The lowest BCUT2D eigenvalue weighted by Crippen LogP contribution is -1.66. The van der Waals surface area contributed by atoms with Crippen LogP contribution in [-0.4, -0.2) is 0 Å². The summed E-state index contributed by atoms with van der Waals surface area (Å²) in [7, 11) is 0. The van der Waals surface area contributed by atoms with Crippen molar-refractivity contribution in [2.75, 3.05) is 0 Å². The van der Waals surface area contributed by atoms with Crippen LogP contribution in [0, 0.1) is 12.3 Å². The maximum atomic E-state index is 5.10. The largest absolute Gasteiger partial charge is 0.115 e. The first-order chi connectivity index (χ1) is 7.86. The minimum atomic E-state index is 0.938. The van der Waals surface area contributed by atoms with Crippen LogP contribution in [0.1, 0.15) is 11.1 Å². The Bertz CT molecular complexity index is 446. The van der Waals surface area contributed by atoms with Gasteiger partial charge in [0.25, 0.3) is 0 Å². The third-order valence-corrected chi connectivity index (χ3v) is 1.98. The molecule has 0 saturated heterocycles. The molecule has 0 bridgehead atoms. The highest BCUT2D eigenvalue weighted by Crippen LogP contribution is 1.97. The molecule has 0 unspecified atom stereocenters. The summed E-state index contributed by atoms with van der Waals surface area (Å²) >= 11 is 0. The predicted molar refractivity (Wildman–Crippen MR) is 70.9 cm³/mol. The molecule has 0 N–H and O–H groups in total. The van der Waals surface area contributed by atoms with E-state index in [-0.39, 0.29) is 0 Å². The SMILES string of the molecule is C#Cc1ccccc1.C=Cc1ccccc1. The summed E-state index contributed by atoms with van der Waals surface area (Å²) in [5.74, 6) is 2.53. The average Bonchev–Trinajstić information content (AvgIpc) is 2.41. The first kappa shape index (κ1) is 11.8. The van der Waals surface area contributed by atoms with Crippen LogP contribution < -0.4 is 0 Å². The van der Waals surface area contributed by atoms with Gasteiger partial charge in [0.15, 0.2) is 0 Å². The lowest BCUT2D eigenvalue weighted by Gasteiger charge is -1.85. The number of terminal acetylenes is 1. The van der Waals surface area contributed by atoms with E-state index in [9.17, 15) is 0 Å². The van der Waals surface area contributed by atoms with Crippen molar-refractivity contribution >= 4 is 6.08 Å². The standard InChI is InChI=1S/C8H8.C8H6/c2*1-2-8-6-4-3-5-7-8/h2-7H,1H2;1,3-7H. The predicted octanol–water partition coefficient (Wildman–Crippen LogP) is 4.00. The molecule has 0 spiro atoms. The molecular formula is C16H14. The molecule has 0 amide bonds. The second kappa shape index (κ2) is 7.09. The second-order valence-corrected chi connectivity index (χ2v) is 3.13. The van der Waals surface area contributed by atoms with Crippen LogP contribution in [0.4, 0.5) is 0 Å². The smallest absolute Gasteiger partial charge is 0.0242 e. The van der Waals surface area contributed by atoms with E-state index in [4.69, 9.17) is 6.42 Å². The molecule has 2 rings (SSSR count). The molecular weight excluding hydrogens is 192 g/mol. The van der Waals surface area contributed by atoms with E-state index >= 15 is 0 Å². The molecule has 0 saturated carbocycles. The van der Waals surface area contributed by atoms with Crippen LogP contribution in [0.5, 0.6) is 0 Å². The van der Waals surface area contributed by atoms with Crippen molar-refractivity contribution in [1.82, 2.24) is 0 Å². The molecule has 0 aliphatic rings. The third kappa shape index (κ3) is 4.30. The maximum Gasteiger partial charge on any atom is 0.0242 e. The van der Waals surface area contributed by atoms with E-state index in [0.29, 0.717) is 0 Å². The quantitative estimate of drug-likeness (QED) is 0.619. The van der Waals surface area contributed by atoms with E-state index in [2.05, 4.69) is 12.5 Å². The van der Waals surface area contributed by atoms with Crippen molar-refractivity contribution < 1.29 is 0 Å². The van der Waals surface area contributed by atoms with Crippen molar-refractivity contribution in [3.63, 3.8) is 0 Å². The van der Waals surface area contributed by atoms with Crippen molar-refractivity contribution in [2.24, 2.45) is 0 Å². The highest BCUT2D eigenvalue weighted by atomic mass is 13.8. The number of hydrogen-bond acceptors (Lipinski definition) is 0. The fraction of sp³-hybridized carbons (Fsp3) is 0. The normalized spacial score (nSPS) is 8.19. The number of rotatable bonds is 1. The number of hydrogen-bond donors (Lipinski definition) is 0.